The molecule has 0 radical (unpaired) electrons. The lowest BCUT2D eigenvalue weighted by Gasteiger charge is -2.32. The smallest absolute Gasteiger partial charge is 0.243 e. The predicted molar refractivity (Wildman–Crippen MR) is 102 cm³/mol. The summed E-state index contributed by atoms with van der Waals surface area (Å²) in [6.07, 6.45) is 5.54. The van der Waals surface area contributed by atoms with E-state index in [0.29, 0.717) is 5.75 Å². The summed E-state index contributed by atoms with van der Waals surface area (Å²) in [4.78, 5) is 27.4. The summed E-state index contributed by atoms with van der Waals surface area (Å²) >= 11 is 1.53. The van der Waals surface area contributed by atoms with Gasteiger partial charge in [-0.05, 0) is 30.5 Å². The van der Waals surface area contributed by atoms with Crippen molar-refractivity contribution in [1.82, 2.24) is 10.2 Å². The van der Waals surface area contributed by atoms with Crippen molar-refractivity contribution in [3.8, 4) is 0 Å². The van der Waals surface area contributed by atoms with Gasteiger partial charge in [-0.3, -0.25) is 9.59 Å². The summed E-state index contributed by atoms with van der Waals surface area (Å²) < 4.78 is 13.7. The van der Waals surface area contributed by atoms with E-state index in [0.717, 1.165) is 31.2 Å². The Hall–Kier alpha value is -1.56. The van der Waals surface area contributed by atoms with Gasteiger partial charge in [0.1, 0.15) is 17.2 Å². The molecular formula is C20H27FN2O2S. The van der Waals surface area contributed by atoms with Gasteiger partial charge < -0.3 is 10.2 Å². The molecule has 0 aromatic heterocycles. The van der Waals surface area contributed by atoms with E-state index in [2.05, 4.69) is 5.32 Å². The van der Waals surface area contributed by atoms with Gasteiger partial charge in [0.25, 0.3) is 0 Å². The number of nitrogens with zero attached hydrogens (tertiary/aromatic N) is 1. The van der Waals surface area contributed by atoms with Gasteiger partial charge in [-0.15, -0.1) is 11.8 Å². The van der Waals surface area contributed by atoms with E-state index in [1.54, 1.807) is 11.0 Å². The number of halogens is 1. The van der Waals surface area contributed by atoms with Crippen LogP contribution in [0.4, 0.5) is 4.39 Å². The Morgan fingerprint density at radius 3 is 2.62 bits per heavy atom. The van der Waals surface area contributed by atoms with Gasteiger partial charge in [0.2, 0.25) is 11.8 Å². The summed E-state index contributed by atoms with van der Waals surface area (Å²) in [5.74, 6) is -0.131. The lowest BCUT2D eigenvalue weighted by atomic mass is 9.95. The number of hydrogen-bond donors (Lipinski definition) is 1. The zero-order valence-electron chi connectivity index (χ0n) is 15.4. The molecule has 1 aliphatic heterocycles. The zero-order valence-corrected chi connectivity index (χ0v) is 16.2. The zero-order chi connectivity index (χ0) is 18.7. The highest BCUT2D eigenvalue weighted by Crippen LogP contribution is 2.42. The van der Waals surface area contributed by atoms with E-state index in [9.17, 15) is 14.0 Å². The number of carbonyl (C=O) groups is 2. The molecule has 2 amide bonds. The highest BCUT2D eigenvalue weighted by atomic mass is 32.2. The molecule has 1 heterocycles. The molecule has 2 unspecified atom stereocenters. The minimum absolute atomic E-state index is 0.0620. The van der Waals surface area contributed by atoms with Gasteiger partial charge in [-0.25, -0.2) is 4.39 Å². The van der Waals surface area contributed by atoms with Crippen molar-refractivity contribution in [1.29, 1.82) is 0 Å². The van der Waals surface area contributed by atoms with Crippen LogP contribution in [0.25, 0.3) is 0 Å². The lowest BCUT2D eigenvalue weighted by molar-refractivity contribution is -0.142. The molecule has 2 fully saturated rings. The second kappa shape index (κ2) is 8.42. The van der Waals surface area contributed by atoms with Crippen molar-refractivity contribution in [3.63, 3.8) is 0 Å². The largest absolute Gasteiger partial charge is 0.352 e. The molecule has 4 nitrogen and oxygen atoms in total. The molecule has 2 aliphatic rings. The number of carbonyl (C=O) groups excluding carboxylic acids is 2. The fraction of sp³-hybridized carbons (Fsp3) is 0.600. The maximum atomic E-state index is 13.7. The molecular weight excluding hydrogens is 351 g/mol. The maximum absolute atomic E-state index is 13.7. The Morgan fingerprint density at radius 1 is 1.23 bits per heavy atom. The molecule has 3 rings (SSSR count). The van der Waals surface area contributed by atoms with E-state index < -0.39 is 6.04 Å². The third-order valence-electron chi connectivity index (χ3n) is 5.14. The Bertz CT molecular complexity index is 661. The molecule has 2 atom stereocenters. The monoisotopic (exact) mass is 378 g/mol. The number of benzene rings is 1. The average Bonchev–Trinajstić information content (AvgIpc) is 3.07. The number of nitrogens with one attached hydrogen (secondary N) is 1. The minimum atomic E-state index is -0.495. The quantitative estimate of drug-likeness (QED) is 0.865. The third-order valence-corrected chi connectivity index (χ3v) is 6.46. The summed E-state index contributed by atoms with van der Waals surface area (Å²) in [5.41, 5.74) is 0.733. The number of thioether (sulfide) groups is 1. The second-order valence-corrected chi connectivity index (χ2v) is 8.61. The number of amides is 2. The molecule has 0 bridgehead atoms. The average molecular weight is 379 g/mol. The minimum Gasteiger partial charge on any atom is -0.352 e. The molecule has 1 saturated carbocycles. The molecule has 1 N–H and O–H groups in total. The molecule has 0 spiro atoms. The van der Waals surface area contributed by atoms with Crippen LogP contribution < -0.4 is 5.32 Å². The Kier molecular flexibility index (Phi) is 6.22. The molecule has 26 heavy (non-hydrogen) atoms. The highest BCUT2D eigenvalue weighted by Gasteiger charge is 2.43. The van der Waals surface area contributed by atoms with Gasteiger partial charge in [0.05, 0.1) is 0 Å². The van der Waals surface area contributed by atoms with Gasteiger partial charge >= 0.3 is 0 Å². The van der Waals surface area contributed by atoms with Crippen LogP contribution in [0.2, 0.25) is 0 Å². The van der Waals surface area contributed by atoms with Crippen LogP contribution in [0.1, 0.15) is 56.9 Å². The van der Waals surface area contributed by atoms with Crippen LogP contribution >= 0.6 is 11.8 Å². The fourth-order valence-electron chi connectivity index (χ4n) is 3.74. The van der Waals surface area contributed by atoms with Crippen molar-refractivity contribution in [2.45, 2.75) is 63.4 Å². The van der Waals surface area contributed by atoms with Crippen LogP contribution in [0.5, 0.6) is 0 Å². The summed E-state index contributed by atoms with van der Waals surface area (Å²) in [6.45, 7) is 3.67. The van der Waals surface area contributed by atoms with E-state index in [1.807, 2.05) is 19.9 Å². The second-order valence-electron chi connectivity index (χ2n) is 7.50. The summed E-state index contributed by atoms with van der Waals surface area (Å²) in [5, 5.41) is 2.83. The summed E-state index contributed by atoms with van der Waals surface area (Å²) in [6, 6.07) is 6.04. The maximum Gasteiger partial charge on any atom is 0.243 e. The topological polar surface area (TPSA) is 49.4 Å². The first-order valence-corrected chi connectivity index (χ1v) is 10.5. The van der Waals surface area contributed by atoms with Crippen LogP contribution in [-0.4, -0.2) is 34.6 Å². The molecule has 1 aromatic rings. The fourth-order valence-corrected chi connectivity index (χ4v) is 5.16. The lowest BCUT2D eigenvalue weighted by Crippen LogP contribution is -2.51. The van der Waals surface area contributed by atoms with Crippen molar-refractivity contribution in [2.24, 2.45) is 5.92 Å². The predicted octanol–water partition coefficient (Wildman–Crippen LogP) is 3.87. The SMILES string of the molecule is CC(C)C(=O)N1C(C(=O)NC2CCCCC2)CSC1c1cccc(F)c1. The highest BCUT2D eigenvalue weighted by molar-refractivity contribution is 7.99. The van der Waals surface area contributed by atoms with Gasteiger partial charge in [0, 0.05) is 17.7 Å². The molecule has 1 aliphatic carbocycles. The van der Waals surface area contributed by atoms with E-state index >= 15 is 0 Å². The van der Waals surface area contributed by atoms with Gasteiger partial charge in [-0.1, -0.05) is 45.2 Å². The van der Waals surface area contributed by atoms with Crippen LogP contribution in [-0.2, 0) is 9.59 Å². The van der Waals surface area contributed by atoms with Gasteiger partial charge in [0.15, 0.2) is 0 Å². The first-order valence-electron chi connectivity index (χ1n) is 9.47. The summed E-state index contributed by atoms with van der Waals surface area (Å²) in [7, 11) is 0. The number of hydrogen-bond acceptors (Lipinski definition) is 3. The van der Waals surface area contributed by atoms with Crippen molar-refractivity contribution >= 4 is 23.6 Å². The Balaban J connectivity index is 1.80. The van der Waals surface area contributed by atoms with E-state index in [-0.39, 0.29) is 35.0 Å². The first kappa shape index (κ1) is 19.2. The Morgan fingerprint density at radius 2 is 1.96 bits per heavy atom. The standard InChI is InChI=1S/C20H27FN2O2S/c1-13(2)19(25)23-17(18(24)22-16-9-4-3-5-10-16)12-26-20(23)14-7-6-8-15(21)11-14/h6-8,11,13,16-17,20H,3-5,9-10,12H2,1-2H3,(H,22,24). The third kappa shape index (κ3) is 4.22. The number of rotatable bonds is 4. The van der Waals surface area contributed by atoms with Crippen LogP contribution in [0.3, 0.4) is 0 Å². The Labute approximate surface area is 158 Å². The van der Waals surface area contributed by atoms with Crippen LogP contribution in [0, 0.1) is 11.7 Å². The van der Waals surface area contributed by atoms with Crippen LogP contribution in [0.15, 0.2) is 24.3 Å². The van der Waals surface area contributed by atoms with Crippen molar-refractivity contribution in [3.05, 3.63) is 35.6 Å². The molecule has 1 aromatic carbocycles. The van der Waals surface area contributed by atoms with E-state index in [1.165, 1.54) is 30.3 Å². The molecule has 142 valence electrons. The molecule has 6 heteroatoms. The van der Waals surface area contributed by atoms with Crippen molar-refractivity contribution in [2.75, 3.05) is 5.75 Å². The normalized spacial score (nSPS) is 24.1. The van der Waals surface area contributed by atoms with E-state index in [4.69, 9.17) is 0 Å². The van der Waals surface area contributed by atoms with Crippen molar-refractivity contribution < 1.29 is 14.0 Å². The first-order chi connectivity index (χ1) is 12.5. The molecule has 1 saturated heterocycles. The van der Waals surface area contributed by atoms with Gasteiger partial charge in [-0.2, -0.15) is 0 Å².